The Kier molecular flexibility index (Phi) is 4.06. The third-order valence-electron chi connectivity index (χ3n) is 7.79. The van der Waals surface area contributed by atoms with Crippen LogP contribution in [0, 0.1) is 40.3 Å². The lowest BCUT2D eigenvalue weighted by atomic mass is 10.0. The average Bonchev–Trinajstić information content (AvgIpc) is 3.26. The summed E-state index contributed by atoms with van der Waals surface area (Å²) in [5, 5.41) is 12.7. The summed E-state index contributed by atoms with van der Waals surface area (Å²) in [6.45, 7) is 2.44. The second kappa shape index (κ2) is 6.41. The highest BCUT2D eigenvalue weighted by Gasteiger charge is 2.78. The van der Waals surface area contributed by atoms with Gasteiger partial charge in [-0.3, -0.25) is 9.59 Å². The van der Waals surface area contributed by atoms with Crippen molar-refractivity contribution in [2.75, 3.05) is 6.54 Å². The topological polar surface area (TPSA) is 73.2 Å². The first-order chi connectivity index (χ1) is 13.9. The van der Waals surface area contributed by atoms with Crippen LogP contribution in [0.5, 0.6) is 0 Å². The van der Waals surface area contributed by atoms with Gasteiger partial charge < -0.3 is 10.2 Å². The van der Waals surface area contributed by atoms with Crippen molar-refractivity contribution in [3.8, 4) is 6.07 Å². The molecule has 4 atom stereocenters. The van der Waals surface area contributed by atoms with E-state index >= 15 is 0 Å². The van der Waals surface area contributed by atoms with Gasteiger partial charge in [-0.05, 0) is 74.1 Å². The maximum absolute atomic E-state index is 13.1. The van der Waals surface area contributed by atoms with E-state index in [9.17, 15) is 19.2 Å². The first-order valence-electron chi connectivity index (χ1n) is 10.4. The Balaban J connectivity index is 1.26. The van der Waals surface area contributed by atoms with Crippen molar-refractivity contribution in [2.24, 2.45) is 23.2 Å². The zero-order valence-electron chi connectivity index (χ0n) is 16.4. The van der Waals surface area contributed by atoms with Crippen LogP contribution in [0.2, 0.25) is 0 Å². The number of halogens is 1. The largest absolute Gasteiger partial charge is 0.351 e. The molecule has 5 aliphatic rings. The number of nitrogens with zero attached hydrogens (tertiary/aromatic N) is 2. The summed E-state index contributed by atoms with van der Waals surface area (Å²) < 4.78 is 13.1. The van der Waals surface area contributed by atoms with Crippen LogP contribution in [0.3, 0.4) is 0 Å². The summed E-state index contributed by atoms with van der Waals surface area (Å²) >= 11 is 0. The molecule has 0 spiro atoms. The molecule has 2 amide bonds. The van der Waals surface area contributed by atoms with Crippen LogP contribution in [0.1, 0.15) is 38.2 Å². The quantitative estimate of drug-likeness (QED) is 0.631. The van der Waals surface area contributed by atoms with E-state index in [4.69, 9.17) is 0 Å². The Bertz CT molecular complexity index is 936. The molecule has 1 saturated heterocycles. The van der Waals surface area contributed by atoms with Crippen molar-refractivity contribution < 1.29 is 14.0 Å². The maximum atomic E-state index is 13.1. The van der Waals surface area contributed by atoms with Crippen LogP contribution >= 0.6 is 0 Å². The lowest BCUT2D eigenvalue weighted by Crippen LogP contribution is -2.47. The van der Waals surface area contributed by atoms with Gasteiger partial charge in [0.25, 0.3) is 5.91 Å². The molecular weight excluding hydrogens is 369 g/mol. The van der Waals surface area contributed by atoms with E-state index in [1.807, 2.05) is 13.0 Å². The van der Waals surface area contributed by atoms with Gasteiger partial charge in [0, 0.05) is 12.6 Å². The Labute approximate surface area is 169 Å². The van der Waals surface area contributed by atoms with Crippen molar-refractivity contribution in [3.05, 3.63) is 41.2 Å². The van der Waals surface area contributed by atoms with Gasteiger partial charge in [-0.2, -0.15) is 5.26 Å². The molecule has 5 nitrogen and oxygen atoms in total. The number of hydrogen-bond acceptors (Lipinski definition) is 3. The molecule has 4 aliphatic carbocycles. The van der Waals surface area contributed by atoms with E-state index in [2.05, 4.69) is 5.32 Å². The fraction of sp³-hybridized carbons (Fsp3) is 0.522. The summed E-state index contributed by atoms with van der Waals surface area (Å²) in [4.78, 5) is 27.6. The molecule has 6 rings (SSSR count). The van der Waals surface area contributed by atoms with Crippen molar-refractivity contribution in [3.63, 3.8) is 0 Å². The minimum absolute atomic E-state index is 0.0212. The van der Waals surface area contributed by atoms with Crippen LogP contribution < -0.4 is 5.32 Å². The minimum atomic E-state index is -0.365. The standard InChI is InChI=1S/C23H24FN3O2/c1-13-20(26-22(29)23-11-15-9-18(23)19(23)10-15)6-7-27(13)21(28)16(12-25)8-14-2-4-17(24)5-3-14/h2-5,8,13,15,18-20H,6-7,9-11H2,1H3,(H,26,29)/b16-8-/t13-,15?,18?,19?,20+,23?/m1/s1. The Hall–Kier alpha value is -2.68. The molecule has 2 unspecified atom stereocenters. The maximum Gasteiger partial charge on any atom is 0.264 e. The van der Waals surface area contributed by atoms with Crippen molar-refractivity contribution in [1.82, 2.24) is 10.2 Å². The predicted molar refractivity (Wildman–Crippen MR) is 104 cm³/mol. The number of likely N-dealkylation sites (tertiary alicyclic amines) is 1. The summed E-state index contributed by atoms with van der Waals surface area (Å²) in [5.41, 5.74) is 0.516. The molecule has 1 aromatic rings. The SMILES string of the molecule is C[C@@H]1[C@@H](NC(=O)C23CC4CC2C3C4)CCN1C(=O)/C(C#N)=C\c1ccc(F)cc1. The highest BCUT2D eigenvalue weighted by atomic mass is 19.1. The third-order valence-corrected chi connectivity index (χ3v) is 7.79. The Morgan fingerprint density at radius 2 is 1.97 bits per heavy atom. The zero-order valence-corrected chi connectivity index (χ0v) is 16.4. The number of carbonyl (C=O) groups is 2. The predicted octanol–water partition coefficient (Wildman–Crippen LogP) is 2.88. The summed E-state index contributed by atoms with van der Waals surface area (Å²) in [5.74, 6) is 1.39. The first kappa shape index (κ1) is 18.4. The monoisotopic (exact) mass is 393 g/mol. The molecule has 1 aromatic carbocycles. The molecular formula is C23H24FN3O2. The minimum Gasteiger partial charge on any atom is -0.351 e. The smallest absolute Gasteiger partial charge is 0.264 e. The fourth-order valence-electron chi connectivity index (χ4n) is 6.29. The van der Waals surface area contributed by atoms with Gasteiger partial charge in [0.05, 0.1) is 11.5 Å². The number of benzene rings is 1. The van der Waals surface area contributed by atoms with E-state index in [1.165, 1.54) is 43.2 Å². The number of nitrogens with one attached hydrogen (secondary N) is 1. The van der Waals surface area contributed by atoms with Gasteiger partial charge in [-0.1, -0.05) is 12.1 Å². The molecule has 1 N–H and O–H groups in total. The fourth-order valence-corrected chi connectivity index (χ4v) is 6.29. The number of nitriles is 1. The van der Waals surface area contributed by atoms with Crippen LogP contribution in [0.4, 0.5) is 4.39 Å². The number of carbonyl (C=O) groups excluding carboxylic acids is 2. The van der Waals surface area contributed by atoms with E-state index in [0.717, 1.165) is 12.3 Å². The third kappa shape index (κ3) is 2.71. The van der Waals surface area contributed by atoms with Crippen LogP contribution in [-0.4, -0.2) is 35.3 Å². The van der Waals surface area contributed by atoms with Gasteiger partial charge in [0.2, 0.25) is 5.91 Å². The van der Waals surface area contributed by atoms with Gasteiger partial charge in [-0.15, -0.1) is 0 Å². The van der Waals surface area contributed by atoms with Crippen LogP contribution in [0.25, 0.3) is 6.08 Å². The highest BCUT2D eigenvalue weighted by Crippen LogP contribution is 2.79. The Morgan fingerprint density at radius 3 is 2.55 bits per heavy atom. The molecule has 0 radical (unpaired) electrons. The molecule has 1 aliphatic heterocycles. The highest BCUT2D eigenvalue weighted by molar-refractivity contribution is 6.02. The summed E-state index contributed by atoms with van der Waals surface area (Å²) in [6, 6.07) is 7.40. The second-order valence-electron chi connectivity index (χ2n) is 9.12. The Morgan fingerprint density at radius 1 is 1.28 bits per heavy atom. The molecule has 150 valence electrons. The number of amides is 2. The van der Waals surface area contributed by atoms with Crippen LogP contribution in [0.15, 0.2) is 29.8 Å². The lowest BCUT2D eigenvalue weighted by Gasteiger charge is -2.26. The lowest BCUT2D eigenvalue weighted by molar-refractivity contribution is -0.130. The summed E-state index contributed by atoms with van der Waals surface area (Å²) in [6.07, 6.45) is 5.64. The number of rotatable bonds is 4. The molecule has 6 heteroatoms. The number of hydrogen-bond donors (Lipinski definition) is 1. The van der Waals surface area contributed by atoms with E-state index in [0.29, 0.717) is 30.4 Å². The molecule has 1 heterocycles. The normalized spacial score (nSPS) is 36.8. The molecule has 5 fully saturated rings. The molecule has 29 heavy (non-hydrogen) atoms. The molecule has 0 aromatic heterocycles. The van der Waals surface area contributed by atoms with Gasteiger partial charge >= 0.3 is 0 Å². The van der Waals surface area contributed by atoms with Crippen LogP contribution in [-0.2, 0) is 9.59 Å². The average molecular weight is 393 g/mol. The van der Waals surface area contributed by atoms with Gasteiger partial charge in [-0.25, -0.2) is 4.39 Å². The van der Waals surface area contributed by atoms with Crippen molar-refractivity contribution >= 4 is 17.9 Å². The zero-order chi connectivity index (χ0) is 20.3. The van der Waals surface area contributed by atoms with Gasteiger partial charge in [0.15, 0.2) is 0 Å². The molecule has 4 saturated carbocycles. The summed E-state index contributed by atoms with van der Waals surface area (Å²) in [7, 11) is 0. The first-order valence-corrected chi connectivity index (χ1v) is 10.4. The van der Waals surface area contributed by atoms with Crippen molar-refractivity contribution in [1.29, 1.82) is 5.26 Å². The van der Waals surface area contributed by atoms with E-state index in [-0.39, 0.29) is 40.7 Å². The van der Waals surface area contributed by atoms with E-state index in [1.54, 1.807) is 4.90 Å². The van der Waals surface area contributed by atoms with E-state index < -0.39 is 0 Å². The van der Waals surface area contributed by atoms with Gasteiger partial charge in [0.1, 0.15) is 17.5 Å². The molecule has 4 bridgehead atoms. The second-order valence-corrected chi connectivity index (χ2v) is 9.12. The van der Waals surface area contributed by atoms with Crippen molar-refractivity contribution in [2.45, 2.75) is 44.7 Å².